The molecule has 0 saturated heterocycles. The third-order valence-corrected chi connectivity index (χ3v) is 5.36. The number of hydrogen-bond donors (Lipinski definition) is 1. The fourth-order valence-corrected chi connectivity index (χ4v) is 4.64. The molecule has 0 saturated carbocycles. The number of para-hydroxylation sites is 1. The molecule has 0 spiro atoms. The van der Waals surface area contributed by atoms with Crippen LogP contribution in [0.3, 0.4) is 0 Å². The van der Waals surface area contributed by atoms with E-state index in [1.807, 2.05) is 25.1 Å². The van der Waals surface area contributed by atoms with E-state index in [1.165, 1.54) is 5.56 Å². The van der Waals surface area contributed by atoms with Crippen LogP contribution in [0.25, 0.3) is 0 Å². The largest absolute Gasteiger partial charge is 0.359 e. The van der Waals surface area contributed by atoms with Gasteiger partial charge in [0.25, 0.3) is 0 Å². The highest BCUT2D eigenvalue weighted by Crippen LogP contribution is 2.34. The number of nitrogens with zero attached hydrogens (tertiary/aromatic N) is 1. The molecule has 0 aliphatic carbocycles. The maximum atomic E-state index is 12.5. The van der Waals surface area contributed by atoms with Crippen LogP contribution in [0.4, 0.5) is 11.4 Å². The van der Waals surface area contributed by atoms with Crippen LogP contribution in [0.1, 0.15) is 18.1 Å². The average Bonchev–Trinajstić information content (AvgIpc) is 2.79. The highest BCUT2D eigenvalue weighted by Gasteiger charge is 2.27. The number of carbonyl (C=O) groups is 1. The van der Waals surface area contributed by atoms with E-state index in [0.29, 0.717) is 12.6 Å². The maximum Gasteiger partial charge on any atom is 0.243 e. The Morgan fingerprint density at radius 2 is 1.91 bits per heavy atom. The van der Waals surface area contributed by atoms with Crippen molar-refractivity contribution in [3.05, 3.63) is 56.5 Å². The van der Waals surface area contributed by atoms with Gasteiger partial charge in [-0.15, -0.1) is 0 Å². The summed E-state index contributed by atoms with van der Waals surface area (Å²) in [7, 11) is 0. The smallest absolute Gasteiger partial charge is 0.243 e. The lowest BCUT2D eigenvalue weighted by atomic mass is 10.1. The monoisotopic (exact) mass is 436 g/mol. The molecule has 2 aromatic carbocycles. The van der Waals surface area contributed by atoms with Crippen LogP contribution in [-0.2, 0) is 11.2 Å². The first-order valence-corrected chi connectivity index (χ1v) is 9.14. The minimum atomic E-state index is -0.0150. The molecule has 0 radical (unpaired) electrons. The third kappa shape index (κ3) is 3.45. The second-order valence-corrected chi connectivity index (χ2v) is 7.67. The molecule has 23 heavy (non-hydrogen) atoms. The Hall–Kier alpha value is -1.33. The molecule has 0 bridgehead atoms. The van der Waals surface area contributed by atoms with Crippen molar-refractivity contribution in [1.29, 1.82) is 0 Å². The zero-order chi connectivity index (χ0) is 16.6. The summed E-state index contributed by atoms with van der Waals surface area (Å²) in [5.74, 6) is -0.0150. The fraction of sp³-hybridized carbons (Fsp3) is 0.278. The van der Waals surface area contributed by atoms with Gasteiger partial charge in [-0.3, -0.25) is 4.79 Å². The second-order valence-electron chi connectivity index (χ2n) is 5.96. The van der Waals surface area contributed by atoms with Crippen LogP contribution in [0.15, 0.2) is 45.3 Å². The normalized spacial score (nSPS) is 16.3. The molecule has 1 amide bonds. The molecular formula is C18H18Br2N2O. The minimum absolute atomic E-state index is 0.0150. The van der Waals surface area contributed by atoms with E-state index in [1.54, 1.807) is 0 Å². The number of anilines is 2. The summed E-state index contributed by atoms with van der Waals surface area (Å²) in [5, 5.41) is 3.01. The number of fused-ring (bicyclic) bond motifs is 1. The second kappa shape index (κ2) is 6.65. The summed E-state index contributed by atoms with van der Waals surface area (Å²) in [6.45, 7) is 4.53. The Labute approximate surface area is 153 Å². The van der Waals surface area contributed by atoms with Crippen LogP contribution in [-0.4, -0.2) is 18.5 Å². The summed E-state index contributed by atoms with van der Waals surface area (Å²) in [6.07, 6.45) is 0.987. The number of benzene rings is 2. The van der Waals surface area contributed by atoms with Gasteiger partial charge in [0.1, 0.15) is 0 Å². The molecule has 0 fully saturated rings. The van der Waals surface area contributed by atoms with Crippen molar-refractivity contribution < 1.29 is 4.79 Å². The van der Waals surface area contributed by atoms with E-state index >= 15 is 0 Å². The highest BCUT2D eigenvalue weighted by molar-refractivity contribution is 9.11. The molecule has 0 unspecified atom stereocenters. The fourth-order valence-electron chi connectivity index (χ4n) is 3.02. The lowest BCUT2D eigenvalue weighted by molar-refractivity contribution is -0.115. The predicted octanol–water partition coefficient (Wildman–Crippen LogP) is 4.91. The van der Waals surface area contributed by atoms with E-state index in [2.05, 4.69) is 67.2 Å². The number of hydrogen-bond acceptors (Lipinski definition) is 2. The van der Waals surface area contributed by atoms with Gasteiger partial charge in [-0.1, -0.05) is 18.2 Å². The standard InChI is InChI=1S/C18H18Br2N2O/c1-11-7-14(19)18(15(20)8-11)21-17(23)10-22-12(2)9-13-5-3-4-6-16(13)22/h3-8,12H,9-10H2,1-2H3,(H,21,23)/t12-/m1/s1. The lowest BCUT2D eigenvalue weighted by Crippen LogP contribution is -2.37. The van der Waals surface area contributed by atoms with Crippen molar-refractivity contribution in [3.8, 4) is 0 Å². The van der Waals surface area contributed by atoms with Crippen molar-refractivity contribution in [1.82, 2.24) is 0 Å². The Balaban J connectivity index is 1.76. The summed E-state index contributed by atoms with van der Waals surface area (Å²) in [5.41, 5.74) is 4.38. The molecule has 5 heteroatoms. The third-order valence-electron chi connectivity index (χ3n) is 4.11. The number of amides is 1. The van der Waals surface area contributed by atoms with Gasteiger partial charge in [-0.2, -0.15) is 0 Å². The van der Waals surface area contributed by atoms with Crippen molar-refractivity contribution in [3.63, 3.8) is 0 Å². The van der Waals surface area contributed by atoms with E-state index in [-0.39, 0.29) is 5.91 Å². The maximum absolute atomic E-state index is 12.5. The molecule has 1 aliphatic rings. The van der Waals surface area contributed by atoms with Gasteiger partial charge in [0.2, 0.25) is 5.91 Å². The lowest BCUT2D eigenvalue weighted by Gasteiger charge is -2.24. The SMILES string of the molecule is Cc1cc(Br)c(NC(=O)CN2c3ccccc3C[C@H]2C)c(Br)c1. The number of halogens is 2. The first-order valence-electron chi connectivity index (χ1n) is 7.55. The van der Waals surface area contributed by atoms with Gasteiger partial charge in [0.15, 0.2) is 0 Å². The van der Waals surface area contributed by atoms with Crippen molar-refractivity contribution in [2.24, 2.45) is 0 Å². The molecule has 1 heterocycles. The molecule has 0 aromatic heterocycles. The van der Waals surface area contributed by atoms with Crippen LogP contribution in [0.2, 0.25) is 0 Å². The van der Waals surface area contributed by atoms with Gasteiger partial charge in [-0.05, 0) is 81.5 Å². The first-order chi connectivity index (χ1) is 11.0. The highest BCUT2D eigenvalue weighted by atomic mass is 79.9. The Morgan fingerprint density at radius 1 is 1.26 bits per heavy atom. The van der Waals surface area contributed by atoms with Gasteiger partial charge < -0.3 is 10.2 Å². The molecule has 3 nitrogen and oxygen atoms in total. The molecular weight excluding hydrogens is 420 g/mol. The topological polar surface area (TPSA) is 32.3 Å². The molecule has 120 valence electrons. The van der Waals surface area contributed by atoms with E-state index in [9.17, 15) is 4.79 Å². The van der Waals surface area contributed by atoms with E-state index in [4.69, 9.17) is 0 Å². The first kappa shape index (κ1) is 16.5. The average molecular weight is 438 g/mol. The summed E-state index contributed by atoms with van der Waals surface area (Å²) in [4.78, 5) is 14.7. The van der Waals surface area contributed by atoms with Crippen molar-refractivity contribution in [2.75, 3.05) is 16.8 Å². The van der Waals surface area contributed by atoms with Gasteiger partial charge >= 0.3 is 0 Å². The molecule has 2 aromatic rings. The molecule has 1 atom stereocenters. The van der Waals surface area contributed by atoms with Gasteiger partial charge in [0, 0.05) is 20.7 Å². The zero-order valence-electron chi connectivity index (χ0n) is 13.1. The van der Waals surface area contributed by atoms with Crippen LogP contribution in [0, 0.1) is 6.92 Å². The summed E-state index contributed by atoms with van der Waals surface area (Å²) < 4.78 is 1.76. The number of rotatable bonds is 3. The van der Waals surface area contributed by atoms with Crippen molar-refractivity contribution >= 4 is 49.1 Å². The summed E-state index contributed by atoms with van der Waals surface area (Å²) in [6, 6.07) is 12.6. The number of aryl methyl sites for hydroxylation is 1. The Bertz CT molecular complexity index is 737. The van der Waals surface area contributed by atoms with E-state index in [0.717, 1.165) is 32.3 Å². The zero-order valence-corrected chi connectivity index (χ0v) is 16.2. The van der Waals surface area contributed by atoms with Crippen LogP contribution >= 0.6 is 31.9 Å². The predicted molar refractivity (Wildman–Crippen MR) is 102 cm³/mol. The van der Waals surface area contributed by atoms with Crippen LogP contribution < -0.4 is 10.2 Å². The van der Waals surface area contributed by atoms with Crippen LogP contribution in [0.5, 0.6) is 0 Å². The molecule has 1 N–H and O–H groups in total. The van der Waals surface area contributed by atoms with Gasteiger partial charge in [0.05, 0.1) is 12.2 Å². The van der Waals surface area contributed by atoms with E-state index < -0.39 is 0 Å². The molecule has 1 aliphatic heterocycles. The summed E-state index contributed by atoms with van der Waals surface area (Å²) >= 11 is 7.04. The molecule has 3 rings (SSSR count). The number of carbonyl (C=O) groups excluding carboxylic acids is 1. The van der Waals surface area contributed by atoms with Gasteiger partial charge in [-0.25, -0.2) is 0 Å². The van der Waals surface area contributed by atoms with Crippen molar-refractivity contribution in [2.45, 2.75) is 26.3 Å². The quantitative estimate of drug-likeness (QED) is 0.739. The Morgan fingerprint density at radius 3 is 2.61 bits per heavy atom. The number of nitrogens with one attached hydrogen (secondary N) is 1. The minimum Gasteiger partial charge on any atom is -0.359 e. The Kier molecular flexibility index (Phi) is 4.78.